The van der Waals surface area contributed by atoms with Crippen molar-refractivity contribution in [1.82, 2.24) is 14.5 Å². The summed E-state index contributed by atoms with van der Waals surface area (Å²) in [5, 5.41) is 3.00. The molecule has 0 fully saturated rings. The maximum Gasteiger partial charge on any atom is 0.236 e. The monoisotopic (exact) mass is 382 g/mol. The van der Waals surface area contributed by atoms with Crippen LogP contribution in [0.25, 0.3) is 5.82 Å². The third-order valence-electron chi connectivity index (χ3n) is 5.03. The highest BCUT2D eigenvalue weighted by Gasteiger charge is 2.32. The molecule has 3 heterocycles. The van der Waals surface area contributed by atoms with Crippen LogP contribution in [0.3, 0.4) is 0 Å². The molecule has 0 aliphatic carbocycles. The fourth-order valence-electron chi connectivity index (χ4n) is 3.63. The fraction of sp³-hybridized carbons (Fsp3) is 0.0870. The first-order valence-corrected chi connectivity index (χ1v) is 9.33. The average molecular weight is 382 g/mol. The van der Waals surface area contributed by atoms with Gasteiger partial charge in [-0.05, 0) is 31.2 Å². The molecule has 4 aromatic rings. The van der Waals surface area contributed by atoms with Gasteiger partial charge in [-0.25, -0.2) is 9.97 Å². The average Bonchev–Trinajstić information content (AvgIpc) is 3.18. The van der Waals surface area contributed by atoms with Crippen LogP contribution in [0.2, 0.25) is 0 Å². The predicted molar refractivity (Wildman–Crippen MR) is 110 cm³/mol. The van der Waals surface area contributed by atoms with E-state index in [1.165, 1.54) is 0 Å². The van der Waals surface area contributed by atoms with Crippen LogP contribution in [0.1, 0.15) is 22.9 Å². The van der Waals surface area contributed by atoms with Gasteiger partial charge in [-0.15, -0.1) is 0 Å². The molecule has 29 heavy (non-hydrogen) atoms. The number of pyridine rings is 1. The molecule has 0 saturated carbocycles. The van der Waals surface area contributed by atoms with Crippen LogP contribution in [0, 0.1) is 6.92 Å². The Labute approximate surface area is 167 Å². The van der Waals surface area contributed by atoms with Crippen molar-refractivity contribution in [2.75, 3.05) is 5.32 Å². The van der Waals surface area contributed by atoms with Crippen molar-refractivity contribution < 1.29 is 9.53 Å². The van der Waals surface area contributed by atoms with Crippen molar-refractivity contribution in [3.05, 3.63) is 96.2 Å². The maximum absolute atomic E-state index is 13.3. The summed E-state index contributed by atoms with van der Waals surface area (Å²) in [6.45, 7) is 1.91. The Morgan fingerprint density at radius 3 is 2.24 bits per heavy atom. The number of amides is 1. The van der Waals surface area contributed by atoms with Gasteiger partial charge in [0.2, 0.25) is 5.91 Å². The Hall–Kier alpha value is -3.93. The van der Waals surface area contributed by atoms with Crippen LogP contribution in [-0.4, -0.2) is 20.4 Å². The number of aryl methyl sites for hydroxylation is 1. The van der Waals surface area contributed by atoms with Crippen LogP contribution in [0.15, 0.2) is 79.3 Å². The van der Waals surface area contributed by atoms with E-state index in [9.17, 15) is 4.79 Å². The first-order chi connectivity index (χ1) is 14.2. The second-order valence-corrected chi connectivity index (χ2v) is 6.85. The molecule has 1 amide bonds. The van der Waals surface area contributed by atoms with Gasteiger partial charge >= 0.3 is 0 Å². The summed E-state index contributed by atoms with van der Waals surface area (Å²) in [6.07, 6.45) is 5.24. The number of carbonyl (C=O) groups is 1. The Kier molecular flexibility index (Phi) is 4.09. The molecule has 0 bridgehead atoms. The Bertz CT molecular complexity index is 1150. The number of carbonyl (C=O) groups excluding carboxylic acids is 1. The van der Waals surface area contributed by atoms with Crippen LogP contribution in [0.5, 0.6) is 11.5 Å². The highest BCUT2D eigenvalue weighted by atomic mass is 16.5. The van der Waals surface area contributed by atoms with Crippen LogP contribution >= 0.6 is 0 Å². The minimum atomic E-state index is -0.452. The minimum Gasteiger partial charge on any atom is -0.457 e. The van der Waals surface area contributed by atoms with Crippen LogP contribution in [0.4, 0.5) is 5.69 Å². The third-order valence-corrected chi connectivity index (χ3v) is 5.03. The van der Waals surface area contributed by atoms with Gasteiger partial charge in [-0.2, -0.15) is 0 Å². The summed E-state index contributed by atoms with van der Waals surface area (Å²) < 4.78 is 7.86. The number of para-hydroxylation sites is 2. The van der Waals surface area contributed by atoms with E-state index in [1.54, 1.807) is 12.4 Å². The number of benzene rings is 2. The molecule has 5 rings (SSSR count). The van der Waals surface area contributed by atoms with Crippen molar-refractivity contribution >= 4 is 11.6 Å². The number of anilines is 1. The molecule has 1 aliphatic heterocycles. The molecule has 142 valence electrons. The summed E-state index contributed by atoms with van der Waals surface area (Å²) >= 11 is 0. The zero-order valence-corrected chi connectivity index (χ0v) is 15.7. The van der Waals surface area contributed by atoms with E-state index in [-0.39, 0.29) is 5.91 Å². The summed E-state index contributed by atoms with van der Waals surface area (Å²) in [5.41, 5.74) is 2.34. The van der Waals surface area contributed by atoms with Gasteiger partial charge in [0.15, 0.2) is 0 Å². The van der Waals surface area contributed by atoms with Crippen molar-refractivity contribution in [2.24, 2.45) is 0 Å². The van der Waals surface area contributed by atoms with Gasteiger partial charge in [-0.1, -0.05) is 36.4 Å². The van der Waals surface area contributed by atoms with E-state index in [4.69, 9.17) is 4.74 Å². The number of imidazole rings is 1. The summed E-state index contributed by atoms with van der Waals surface area (Å²) in [7, 11) is 0. The molecule has 1 N–H and O–H groups in total. The Morgan fingerprint density at radius 1 is 0.966 bits per heavy atom. The van der Waals surface area contributed by atoms with E-state index in [1.807, 2.05) is 78.4 Å². The molecule has 2 aromatic carbocycles. The lowest BCUT2D eigenvalue weighted by Gasteiger charge is -2.27. The Balaban J connectivity index is 1.45. The lowest BCUT2D eigenvalue weighted by atomic mass is 9.87. The maximum atomic E-state index is 13.3. The highest BCUT2D eigenvalue weighted by Crippen LogP contribution is 2.44. The largest absolute Gasteiger partial charge is 0.457 e. The van der Waals surface area contributed by atoms with Crippen LogP contribution < -0.4 is 10.1 Å². The molecule has 0 radical (unpaired) electrons. The molecule has 0 unspecified atom stereocenters. The van der Waals surface area contributed by atoms with Crippen molar-refractivity contribution in [3.8, 4) is 17.3 Å². The molecular formula is C23H18N4O2. The van der Waals surface area contributed by atoms with E-state index in [2.05, 4.69) is 15.3 Å². The number of aromatic nitrogens is 3. The van der Waals surface area contributed by atoms with Crippen molar-refractivity contribution in [1.29, 1.82) is 0 Å². The molecule has 1 aliphatic rings. The summed E-state index contributed by atoms with van der Waals surface area (Å²) in [6, 6.07) is 19.0. The normalized spacial score (nSPS) is 12.6. The number of nitrogens with one attached hydrogen (secondary N) is 1. The molecular weight excluding hydrogens is 364 g/mol. The number of rotatable bonds is 3. The number of fused-ring (bicyclic) bond motifs is 2. The topological polar surface area (TPSA) is 69.0 Å². The number of hydrogen-bond acceptors (Lipinski definition) is 4. The lowest BCUT2D eigenvalue weighted by molar-refractivity contribution is -0.116. The van der Waals surface area contributed by atoms with Gasteiger partial charge in [0.1, 0.15) is 23.1 Å². The molecule has 6 heteroatoms. The number of nitrogens with zero attached hydrogens (tertiary/aromatic N) is 3. The molecule has 0 atom stereocenters. The van der Waals surface area contributed by atoms with E-state index in [0.717, 1.165) is 22.8 Å². The summed E-state index contributed by atoms with van der Waals surface area (Å²) in [5.74, 6) is 2.43. The van der Waals surface area contributed by atoms with E-state index >= 15 is 0 Å². The summed E-state index contributed by atoms with van der Waals surface area (Å²) in [4.78, 5) is 21.9. The zero-order valence-electron chi connectivity index (χ0n) is 15.7. The molecule has 2 aromatic heterocycles. The molecule has 0 spiro atoms. The lowest BCUT2D eigenvalue weighted by Crippen LogP contribution is -2.25. The zero-order chi connectivity index (χ0) is 19.8. The van der Waals surface area contributed by atoms with Crippen LogP contribution in [-0.2, 0) is 4.79 Å². The SMILES string of the molecule is Cc1nccn1-c1ccc(NC(=O)C2c3ccccc3Oc3ccccc32)cn1. The van der Waals surface area contributed by atoms with Gasteiger partial charge in [0.25, 0.3) is 0 Å². The minimum absolute atomic E-state index is 0.124. The van der Waals surface area contributed by atoms with Gasteiger partial charge in [-0.3, -0.25) is 9.36 Å². The Morgan fingerprint density at radius 2 is 1.66 bits per heavy atom. The first-order valence-electron chi connectivity index (χ1n) is 9.33. The smallest absolute Gasteiger partial charge is 0.236 e. The van der Waals surface area contributed by atoms with Crippen molar-refractivity contribution in [2.45, 2.75) is 12.8 Å². The quantitative estimate of drug-likeness (QED) is 0.568. The standard InChI is InChI=1S/C23H18N4O2/c1-15-24-12-13-27(15)21-11-10-16(14-25-21)26-23(28)22-17-6-2-4-8-19(17)29-20-9-5-3-7-18(20)22/h2-14,22H,1H3,(H,26,28). The van der Waals surface area contributed by atoms with Crippen molar-refractivity contribution in [3.63, 3.8) is 0 Å². The molecule has 0 saturated heterocycles. The number of hydrogen-bond donors (Lipinski definition) is 1. The van der Waals surface area contributed by atoms with E-state index in [0.29, 0.717) is 17.2 Å². The fourth-order valence-corrected chi connectivity index (χ4v) is 3.63. The van der Waals surface area contributed by atoms with Gasteiger partial charge in [0.05, 0.1) is 17.8 Å². The first kappa shape index (κ1) is 17.2. The van der Waals surface area contributed by atoms with E-state index < -0.39 is 5.92 Å². The van der Waals surface area contributed by atoms with Gasteiger partial charge in [0, 0.05) is 23.5 Å². The predicted octanol–water partition coefficient (Wildman–Crippen LogP) is 4.45. The molecule has 6 nitrogen and oxygen atoms in total. The second kappa shape index (κ2) is 6.91. The highest BCUT2D eigenvalue weighted by molar-refractivity contribution is 5.99. The van der Waals surface area contributed by atoms with Gasteiger partial charge < -0.3 is 10.1 Å². The number of ether oxygens (including phenoxy) is 1. The third kappa shape index (κ3) is 3.04. The second-order valence-electron chi connectivity index (χ2n) is 6.85.